The third kappa shape index (κ3) is 5.89. The Morgan fingerprint density at radius 3 is 2.90 bits per heavy atom. The predicted octanol–water partition coefficient (Wildman–Crippen LogP) is 3.64. The van der Waals surface area contributed by atoms with Gasteiger partial charge in [-0.25, -0.2) is 0 Å². The topological polar surface area (TPSA) is 69.1 Å². The number of hydrogen-bond donors (Lipinski definition) is 3. The van der Waals surface area contributed by atoms with Crippen molar-refractivity contribution in [1.82, 2.24) is 15.5 Å². The van der Waals surface area contributed by atoms with Gasteiger partial charge in [0.15, 0.2) is 5.96 Å². The largest absolute Gasteiger partial charge is 0.508 e. The third-order valence-electron chi connectivity index (χ3n) is 5.65. The van der Waals surface area contributed by atoms with Gasteiger partial charge in [-0.3, -0.25) is 9.89 Å². The number of aliphatic imine (C=N–C) groups is 1. The zero-order chi connectivity index (χ0) is 21.3. The average Bonchev–Trinajstić information content (AvgIpc) is 3.27. The fraction of sp³-hybridized carbons (Fsp3) is 0.522. The highest BCUT2D eigenvalue weighted by Crippen LogP contribution is 2.37. The van der Waals surface area contributed by atoms with Crippen LogP contribution >= 0.6 is 11.3 Å². The molecular weight excluding hydrogens is 396 g/mol. The summed E-state index contributed by atoms with van der Waals surface area (Å²) in [5, 5.41) is 19.1. The maximum Gasteiger partial charge on any atom is 0.191 e. The summed E-state index contributed by atoms with van der Waals surface area (Å²) >= 11 is 1.84. The molecule has 2 heterocycles. The first-order valence-electron chi connectivity index (χ1n) is 10.7. The van der Waals surface area contributed by atoms with E-state index in [-0.39, 0.29) is 5.75 Å². The molecule has 3 N–H and O–H groups in total. The second-order valence-corrected chi connectivity index (χ2v) is 8.71. The second-order valence-electron chi connectivity index (χ2n) is 7.73. The highest BCUT2D eigenvalue weighted by Gasteiger charge is 2.31. The molecule has 0 amide bonds. The number of methoxy groups -OCH3 is 1. The van der Waals surface area contributed by atoms with E-state index in [1.54, 1.807) is 13.2 Å². The van der Waals surface area contributed by atoms with Crippen molar-refractivity contribution in [2.75, 3.05) is 40.3 Å². The van der Waals surface area contributed by atoms with E-state index in [1.165, 1.54) is 17.7 Å². The Morgan fingerprint density at radius 2 is 2.20 bits per heavy atom. The lowest BCUT2D eigenvalue weighted by atomic mass is 9.88. The quantitative estimate of drug-likeness (QED) is 0.441. The number of thiophene rings is 1. The van der Waals surface area contributed by atoms with Crippen molar-refractivity contribution in [1.29, 1.82) is 0 Å². The van der Waals surface area contributed by atoms with Crippen LogP contribution in [0.3, 0.4) is 0 Å². The molecule has 2 unspecified atom stereocenters. The van der Waals surface area contributed by atoms with Crippen LogP contribution in [0.25, 0.3) is 0 Å². The first kappa shape index (κ1) is 22.4. The van der Waals surface area contributed by atoms with Gasteiger partial charge in [-0.05, 0) is 68.8 Å². The van der Waals surface area contributed by atoms with Crippen molar-refractivity contribution < 1.29 is 9.84 Å². The molecule has 2 aromatic rings. The molecule has 1 aliphatic heterocycles. The van der Waals surface area contributed by atoms with E-state index >= 15 is 0 Å². The smallest absolute Gasteiger partial charge is 0.191 e. The lowest BCUT2D eigenvalue weighted by Gasteiger charge is -2.38. The Hall–Kier alpha value is -2.25. The molecule has 1 aliphatic rings. The van der Waals surface area contributed by atoms with Crippen molar-refractivity contribution in [2.24, 2.45) is 10.9 Å². The van der Waals surface area contributed by atoms with Crippen molar-refractivity contribution in [2.45, 2.75) is 32.2 Å². The number of hydrogen-bond acceptors (Lipinski definition) is 5. The minimum absolute atomic E-state index is 0.266. The number of phenolic OH excluding ortho intramolecular Hbond substituents is 1. The van der Waals surface area contributed by atoms with E-state index < -0.39 is 0 Å². The van der Waals surface area contributed by atoms with E-state index in [2.05, 4.69) is 47.0 Å². The van der Waals surface area contributed by atoms with E-state index in [0.717, 1.165) is 31.2 Å². The van der Waals surface area contributed by atoms with Crippen molar-refractivity contribution in [3.63, 3.8) is 0 Å². The maximum atomic E-state index is 10.2. The fourth-order valence-corrected chi connectivity index (χ4v) is 5.09. The van der Waals surface area contributed by atoms with Crippen LogP contribution in [-0.4, -0.2) is 56.3 Å². The number of benzene rings is 1. The van der Waals surface area contributed by atoms with E-state index in [0.29, 0.717) is 30.7 Å². The number of nitrogens with zero attached hydrogens (tertiary/aromatic N) is 2. The summed E-state index contributed by atoms with van der Waals surface area (Å²) in [7, 11) is 3.83. The lowest BCUT2D eigenvalue weighted by molar-refractivity contribution is 0.128. The minimum atomic E-state index is 0.266. The first-order chi connectivity index (χ1) is 14.6. The number of guanidine groups is 1. The van der Waals surface area contributed by atoms with Crippen LogP contribution < -0.4 is 15.4 Å². The fourth-order valence-electron chi connectivity index (χ4n) is 4.11. The molecule has 0 radical (unpaired) electrons. The summed E-state index contributed by atoms with van der Waals surface area (Å²) in [6.45, 7) is 5.54. The molecule has 0 saturated carbocycles. The van der Waals surface area contributed by atoms with Crippen LogP contribution in [0, 0.1) is 5.92 Å². The Morgan fingerprint density at radius 1 is 1.33 bits per heavy atom. The average molecular weight is 431 g/mol. The van der Waals surface area contributed by atoms with Crippen LogP contribution in [0.1, 0.15) is 36.2 Å². The van der Waals surface area contributed by atoms with Gasteiger partial charge in [0.2, 0.25) is 0 Å². The SMILES string of the molecule is CCNC(=NCC1CCCN(C)C1c1cccs1)NCCc1ccc(OC)cc1O. The lowest BCUT2D eigenvalue weighted by Crippen LogP contribution is -2.40. The van der Waals surface area contributed by atoms with Crippen LogP contribution in [-0.2, 0) is 6.42 Å². The van der Waals surface area contributed by atoms with E-state index in [4.69, 9.17) is 9.73 Å². The Balaban J connectivity index is 1.59. The highest BCUT2D eigenvalue weighted by molar-refractivity contribution is 7.10. The molecule has 0 aliphatic carbocycles. The first-order valence-corrected chi connectivity index (χ1v) is 11.6. The van der Waals surface area contributed by atoms with Gasteiger partial charge < -0.3 is 20.5 Å². The predicted molar refractivity (Wildman–Crippen MR) is 125 cm³/mol. The van der Waals surface area contributed by atoms with Gasteiger partial charge in [0.05, 0.1) is 7.11 Å². The number of ether oxygens (including phenoxy) is 1. The molecule has 6 nitrogen and oxygen atoms in total. The highest BCUT2D eigenvalue weighted by atomic mass is 32.1. The Labute approximate surface area is 184 Å². The zero-order valence-corrected chi connectivity index (χ0v) is 19.0. The van der Waals surface area contributed by atoms with Crippen molar-refractivity contribution >= 4 is 17.3 Å². The van der Waals surface area contributed by atoms with Crippen molar-refractivity contribution in [3.05, 3.63) is 46.2 Å². The van der Waals surface area contributed by atoms with Crippen LogP contribution in [0.5, 0.6) is 11.5 Å². The maximum absolute atomic E-state index is 10.2. The standard InChI is InChI=1S/C23H34N4O2S/c1-4-24-23(25-12-11-17-9-10-19(29-3)15-20(17)28)26-16-18-7-5-13-27(2)22(18)21-8-6-14-30-21/h6,8-10,14-15,18,22,28H,4-5,7,11-13,16H2,1-3H3,(H2,24,25,26). The van der Waals surface area contributed by atoms with Gasteiger partial charge in [0.25, 0.3) is 0 Å². The van der Waals surface area contributed by atoms with Gasteiger partial charge in [0.1, 0.15) is 11.5 Å². The zero-order valence-electron chi connectivity index (χ0n) is 18.2. The van der Waals surface area contributed by atoms with Gasteiger partial charge in [-0.2, -0.15) is 0 Å². The summed E-state index contributed by atoms with van der Waals surface area (Å²) in [6.07, 6.45) is 3.14. The molecule has 1 fully saturated rings. The number of phenols is 1. The second kappa shape index (κ2) is 11.2. The summed E-state index contributed by atoms with van der Waals surface area (Å²) < 4.78 is 5.15. The van der Waals surface area contributed by atoms with Crippen LogP contribution in [0.2, 0.25) is 0 Å². The molecule has 2 atom stereocenters. The number of piperidine rings is 1. The van der Waals surface area contributed by atoms with E-state index in [9.17, 15) is 5.11 Å². The monoisotopic (exact) mass is 430 g/mol. The Kier molecular flexibility index (Phi) is 8.39. The molecule has 0 spiro atoms. The number of rotatable bonds is 8. The summed E-state index contributed by atoms with van der Waals surface area (Å²) in [6, 6.07) is 10.3. The van der Waals surface area contributed by atoms with Gasteiger partial charge >= 0.3 is 0 Å². The minimum Gasteiger partial charge on any atom is -0.508 e. The molecule has 0 bridgehead atoms. The summed E-state index contributed by atoms with van der Waals surface area (Å²) in [4.78, 5) is 8.81. The summed E-state index contributed by atoms with van der Waals surface area (Å²) in [5.41, 5.74) is 0.894. The third-order valence-corrected chi connectivity index (χ3v) is 6.59. The summed E-state index contributed by atoms with van der Waals surface area (Å²) in [5.74, 6) is 2.28. The number of nitrogens with one attached hydrogen (secondary N) is 2. The van der Waals surface area contributed by atoms with Gasteiger partial charge in [-0.15, -0.1) is 11.3 Å². The number of likely N-dealkylation sites (tertiary alicyclic amines) is 1. The molecule has 1 saturated heterocycles. The van der Waals surface area contributed by atoms with Crippen molar-refractivity contribution in [3.8, 4) is 11.5 Å². The molecular formula is C23H34N4O2S. The van der Waals surface area contributed by atoms with Gasteiger partial charge in [0, 0.05) is 36.6 Å². The van der Waals surface area contributed by atoms with E-state index in [1.807, 2.05) is 23.5 Å². The molecule has 30 heavy (non-hydrogen) atoms. The Bertz CT molecular complexity index is 810. The van der Waals surface area contributed by atoms with Crippen LogP contribution in [0.4, 0.5) is 0 Å². The molecule has 1 aromatic carbocycles. The molecule has 164 valence electrons. The molecule has 3 rings (SSSR count). The molecule has 7 heteroatoms. The normalized spacial score (nSPS) is 20.2. The molecule has 1 aromatic heterocycles. The number of aromatic hydroxyl groups is 1. The van der Waals surface area contributed by atoms with Gasteiger partial charge in [-0.1, -0.05) is 12.1 Å². The van der Waals surface area contributed by atoms with Crippen LogP contribution in [0.15, 0.2) is 40.7 Å².